The molecule has 0 saturated heterocycles. The third-order valence-corrected chi connectivity index (χ3v) is 2.38. The second-order valence-electron chi connectivity index (χ2n) is 3.70. The van der Waals surface area contributed by atoms with Crippen molar-refractivity contribution in [1.82, 2.24) is 9.97 Å². The summed E-state index contributed by atoms with van der Waals surface area (Å²) < 4.78 is 0. The zero-order valence-corrected chi connectivity index (χ0v) is 7.81. The van der Waals surface area contributed by atoms with E-state index in [4.69, 9.17) is 11.6 Å². The van der Waals surface area contributed by atoms with Crippen LogP contribution in [0.1, 0.15) is 32.0 Å². The number of halogens is 1. The molecule has 0 spiro atoms. The molecular formula is C8H13ClN2. The molecule has 0 aliphatic carbocycles. The van der Waals surface area contributed by atoms with E-state index in [1.54, 1.807) is 12.4 Å². The third kappa shape index (κ3) is 1.96. The van der Waals surface area contributed by atoms with Crippen molar-refractivity contribution >= 4 is 11.6 Å². The minimum absolute atomic E-state index is 0.0440. The van der Waals surface area contributed by atoms with E-state index in [0.717, 1.165) is 5.82 Å². The number of rotatable bonds is 1. The van der Waals surface area contributed by atoms with E-state index >= 15 is 0 Å². The molecule has 1 aromatic heterocycles. The number of H-pyrrole nitrogens is 1. The van der Waals surface area contributed by atoms with Gasteiger partial charge >= 0.3 is 0 Å². The first-order valence-electron chi connectivity index (χ1n) is 3.65. The van der Waals surface area contributed by atoms with Crippen molar-refractivity contribution in [3.8, 4) is 0 Å². The van der Waals surface area contributed by atoms with Gasteiger partial charge in [0.25, 0.3) is 0 Å². The summed E-state index contributed by atoms with van der Waals surface area (Å²) in [6, 6.07) is 0. The molecule has 1 rings (SSSR count). The van der Waals surface area contributed by atoms with Crippen LogP contribution in [0.25, 0.3) is 0 Å². The number of hydrogen-bond donors (Lipinski definition) is 1. The van der Waals surface area contributed by atoms with Gasteiger partial charge in [-0.1, -0.05) is 20.8 Å². The highest BCUT2D eigenvalue weighted by molar-refractivity contribution is 6.20. The first-order valence-corrected chi connectivity index (χ1v) is 4.09. The maximum atomic E-state index is 6.13. The smallest absolute Gasteiger partial charge is 0.124 e. The van der Waals surface area contributed by atoms with Crippen LogP contribution >= 0.6 is 11.6 Å². The predicted octanol–water partition coefficient (Wildman–Crippen LogP) is 2.74. The van der Waals surface area contributed by atoms with E-state index < -0.39 is 0 Å². The second-order valence-corrected chi connectivity index (χ2v) is 4.14. The first-order chi connectivity index (χ1) is 5.02. The van der Waals surface area contributed by atoms with Crippen LogP contribution in [-0.2, 0) is 0 Å². The fourth-order valence-electron chi connectivity index (χ4n) is 0.826. The Balaban J connectivity index is 2.78. The lowest BCUT2D eigenvalue weighted by Gasteiger charge is -2.22. The normalized spacial score (nSPS) is 14.9. The van der Waals surface area contributed by atoms with Crippen molar-refractivity contribution in [1.29, 1.82) is 0 Å². The van der Waals surface area contributed by atoms with Crippen LogP contribution in [-0.4, -0.2) is 9.97 Å². The molecule has 0 fully saturated rings. The quantitative estimate of drug-likeness (QED) is 0.649. The summed E-state index contributed by atoms with van der Waals surface area (Å²) in [5, 5.41) is -0.0440. The number of aromatic amines is 1. The van der Waals surface area contributed by atoms with Gasteiger partial charge in [-0.15, -0.1) is 11.6 Å². The molecular weight excluding hydrogens is 160 g/mol. The van der Waals surface area contributed by atoms with Gasteiger partial charge in [0.05, 0.1) is 5.38 Å². The maximum Gasteiger partial charge on any atom is 0.124 e. The van der Waals surface area contributed by atoms with E-state index in [1.165, 1.54) is 0 Å². The fraction of sp³-hybridized carbons (Fsp3) is 0.625. The Morgan fingerprint density at radius 3 is 2.55 bits per heavy atom. The zero-order valence-electron chi connectivity index (χ0n) is 7.06. The van der Waals surface area contributed by atoms with Gasteiger partial charge < -0.3 is 4.98 Å². The van der Waals surface area contributed by atoms with Crippen LogP contribution in [0.4, 0.5) is 0 Å². The number of nitrogens with one attached hydrogen (secondary N) is 1. The Kier molecular flexibility index (Phi) is 2.23. The predicted molar refractivity (Wildman–Crippen MR) is 46.6 cm³/mol. The summed E-state index contributed by atoms with van der Waals surface area (Å²) in [5.74, 6) is 0.846. The lowest BCUT2D eigenvalue weighted by molar-refractivity contribution is 0.386. The van der Waals surface area contributed by atoms with Gasteiger partial charge in [-0.05, 0) is 5.41 Å². The molecule has 11 heavy (non-hydrogen) atoms. The molecule has 3 heteroatoms. The van der Waals surface area contributed by atoms with Crippen LogP contribution in [0.15, 0.2) is 12.4 Å². The molecule has 0 aromatic carbocycles. The number of hydrogen-bond acceptors (Lipinski definition) is 1. The maximum absolute atomic E-state index is 6.13. The monoisotopic (exact) mass is 172 g/mol. The number of alkyl halides is 1. The SMILES string of the molecule is CC(C)(C)C(Cl)c1ncc[nH]1. The average Bonchev–Trinajstić information content (AvgIpc) is 2.34. The van der Waals surface area contributed by atoms with Crippen LogP contribution < -0.4 is 0 Å². The van der Waals surface area contributed by atoms with E-state index in [-0.39, 0.29) is 10.8 Å². The third-order valence-electron chi connectivity index (χ3n) is 1.52. The van der Waals surface area contributed by atoms with Crippen LogP contribution in [0.2, 0.25) is 0 Å². The van der Waals surface area contributed by atoms with Crippen molar-refractivity contribution in [3.05, 3.63) is 18.2 Å². The molecule has 62 valence electrons. The summed E-state index contributed by atoms with van der Waals surface area (Å²) in [4.78, 5) is 7.10. The van der Waals surface area contributed by atoms with Gasteiger partial charge in [0.2, 0.25) is 0 Å². The van der Waals surface area contributed by atoms with Gasteiger partial charge in [0.15, 0.2) is 0 Å². The molecule has 0 aliphatic rings. The summed E-state index contributed by atoms with van der Waals surface area (Å²) in [7, 11) is 0. The lowest BCUT2D eigenvalue weighted by atomic mass is 9.91. The van der Waals surface area contributed by atoms with Crippen molar-refractivity contribution in [2.24, 2.45) is 5.41 Å². The molecule has 1 atom stereocenters. The number of nitrogens with zero attached hydrogens (tertiary/aromatic N) is 1. The minimum atomic E-state index is -0.0440. The Morgan fingerprint density at radius 2 is 2.18 bits per heavy atom. The highest BCUT2D eigenvalue weighted by Crippen LogP contribution is 2.36. The number of aromatic nitrogens is 2. The largest absolute Gasteiger partial charge is 0.347 e. The van der Waals surface area contributed by atoms with Crippen molar-refractivity contribution in [3.63, 3.8) is 0 Å². The van der Waals surface area contributed by atoms with E-state index in [0.29, 0.717) is 0 Å². The summed E-state index contributed by atoms with van der Waals surface area (Å²) >= 11 is 6.13. The molecule has 0 bridgehead atoms. The Morgan fingerprint density at radius 1 is 1.55 bits per heavy atom. The van der Waals surface area contributed by atoms with Gasteiger partial charge in [0, 0.05) is 12.4 Å². The Labute approximate surface area is 72.0 Å². The molecule has 1 N–H and O–H groups in total. The van der Waals surface area contributed by atoms with Gasteiger partial charge in [-0.25, -0.2) is 4.98 Å². The molecule has 1 unspecified atom stereocenters. The summed E-state index contributed by atoms with van der Waals surface area (Å²) in [6.07, 6.45) is 3.51. The highest BCUT2D eigenvalue weighted by Gasteiger charge is 2.25. The van der Waals surface area contributed by atoms with Crippen LogP contribution in [0.3, 0.4) is 0 Å². The van der Waals surface area contributed by atoms with Crippen LogP contribution in [0.5, 0.6) is 0 Å². The number of imidazole rings is 1. The van der Waals surface area contributed by atoms with Crippen LogP contribution in [0, 0.1) is 5.41 Å². The molecule has 0 saturated carbocycles. The van der Waals surface area contributed by atoms with Gasteiger partial charge in [-0.3, -0.25) is 0 Å². The van der Waals surface area contributed by atoms with E-state index in [1.807, 2.05) is 0 Å². The van der Waals surface area contributed by atoms with Crippen molar-refractivity contribution < 1.29 is 0 Å². The zero-order chi connectivity index (χ0) is 8.48. The molecule has 0 amide bonds. The molecule has 2 nitrogen and oxygen atoms in total. The van der Waals surface area contributed by atoms with E-state index in [2.05, 4.69) is 30.7 Å². The second kappa shape index (κ2) is 2.86. The average molecular weight is 173 g/mol. The van der Waals surface area contributed by atoms with Crippen molar-refractivity contribution in [2.75, 3.05) is 0 Å². The topological polar surface area (TPSA) is 28.7 Å². The van der Waals surface area contributed by atoms with Gasteiger partial charge in [-0.2, -0.15) is 0 Å². The highest BCUT2D eigenvalue weighted by atomic mass is 35.5. The molecule has 0 aliphatic heterocycles. The minimum Gasteiger partial charge on any atom is -0.347 e. The molecule has 1 heterocycles. The summed E-state index contributed by atoms with van der Waals surface area (Å²) in [5.41, 5.74) is 0.0550. The van der Waals surface area contributed by atoms with E-state index in [9.17, 15) is 0 Å². The Hall–Kier alpha value is -0.500. The lowest BCUT2D eigenvalue weighted by Crippen LogP contribution is -2.14. The Bertz CT molecular complexity index is 210. The molecule has 0 radical (unpaired) electrons. The fourth-order valence-corrected chi connectivity index (χ4v) is 0.946. The summed E-state index contributed by atoms with van der Waals surface area (Å²) in [6.45, 7) is 6.27. The molecule has 1 aromatic rings. The standard InChI is InChI=1S/C8H13ClN2/c1-8(2,3)6(9)7-10-4-5-11-7/h4-6H,1-3H3,(H,10,11). The first kappa shape index (κ1) is 8.60. The van der Waals surface area contributed by atoms with Crippen molar-refractivity contribution in [2.45, 2.75) is 26.1 Å². The van der Waals surface area contributed by atoms with Gasteiger partial charge in [0.1, 0.15) is 5.82 Å².